The third-order valence-electron chi connectivity index (χ3n) is 2.11. The van der Waals surface area contributed by atoms with Crippen LogP contribution in [0.3, 0.4) is 0 Å². The Morgan fingerprint density at radius 3 is 2.38 bits per heavy atom. The Hall–Kier alpha value is -1.26. The minimum atomic E-state index is -0.503. The van der Waals surface area contributed by atoms with E-state index in [1.54, 1.807) is 0 Å². The van der Waals surface area contributed by atoms with Crippen LogP contribution in [0.4, 0.5) is 4.79 Å². The van der Waals surface area contributed by atoms with E-state index in [-0.39, 0.29) is 11.9 Å². The summed E-state index contributed by atoms with van der Waals surface area (Å²) in [7, 11) is 0. The number of rotatable bonds is 7. The molecule has 0 rings (SSSR count). The molecule has 5 heteroatoms. The Bertz CT molecular complexity index is 229. The van der Waals surface area contributed by atoms with E-state index >= 15 is 0 Å². The van der Waals surface area contributed by atoms with Gasteiger partial charge in [-0.15, -0.1) is 0 Å². The molecule has 4 N–H and O–H groups in total. The molecule has 94 valence electrons. The predicted octanol–water partition coefficient (Wildman–Crippen LogP) is 0.986. The van der Waals surface area contributed by atoms with Gasteiger partial charge in [0.15, 0.2) is 0 Å². The summed E-state index contributed by atoms with van der Waals surface area (Å²) in [6.45, 7) is 6.55. The number of carbonyl (C=O) groups is 2. The molecule has 0 heterocycles. The lowest BCUT2D eigenvalue weighted by Gasteiger charge is -2.14. The summed E-state index contributed by atoms with van der Waals surface area (Å²) in [6.07, 6.45) is 2.21. The number of nitrogens with two attached hydrogens (primary N) is 1. The number of hydrogen-bond acceptors (Lipinski definition) is 2. The first-order valence-electron chi connectivity index (χ1n) is 5.74. The average molecular weight is 229 g/mol. The van der Waals surface area contributed by atoms with Gasteiger partial charge < -0.3 is 16.4 Å². The van der Waals surface area contributed by atoms with Crippen molar-refractivity contribution in [2.24, 2.45) is 11.7 Å². The summed E-state index contributed by atoms with van der Waals surface area (Å²) in [6, 6.07) is -0.363. The van der Waals surface area contributed by atoms with E-state index in [9.17, 15) is 9.59 Å². The first-order chi connectivity index (χ1) is 7.41. The quantitative estimate of drug-likeness (QED) is 0.569. The number of amides is 3. The van der Waals surface area contributed by atoms with Crippen LogP contribution in [0.2, 0.25) is 0 Å². The fraction of sp³-hybridized carbons (Fsp3) is 0.818. The Labute approximate surface area is 97.2 Å². The van der Waals surface area contributed by atoms with Crippen molar-refractivity contribution in [1.82, 2.24) is 10.6 Å². The van der Waals surface area contributed by atoms with E-state index in [2.05, 4.69) is 10.6 Å². The molecule has 16 heavy (non-hydrogen) atoms. The van der Waals surface area contributed by atoms with Gasteiger partial charge in [-0.2, -0.15) is 0 Å². The van der Waals surface area contributed by atoms with Crippen LogP contribution in [0.15, 0.2) is 0 Å². The van der Waals surface area contributed by atoms with Gasteiger partial charge in [-0.1, -0.05) is 13.8 Å². The van der Waals surface area contributed by atoms with Crippen LogP contribution in [0.25, 0.3) is 0 Å². The third-order valence-corrected chi connectivity index (χ3v) is 2.11. The first-order valence-corrected chi connectivity index (χ1v) is 5.74. The van der Waals surface area contributed by atoms with E-state index in [1.165, 1.54) is 0 Å². The van der Waals surface area contributed by atoms with E-state index in [1.807, 2.05) is 20.8 Å². The fourth-order valence-electron chi connectivity index (χ4n) is 1.40. The van der Waals surface area contributed by atoms with Gasteiger partial charge in [0, 0.05) is 19.0 Å². The van der Waals surface area contributed by atoms with Crippen LogP contribution < -0.4 is 16.4 Å². The number of urea groups is 1. The van der Waals surface area contributed by atoms with Gasteiger partial charge in [-0.3, -0.25) is 4.79 Å². The van der Waals surface area contributed by atoms with Crippen LogP contribution in [0, 0.1) is 5.92 Å². The van der Waals surface area contributed by atoms with Gasteiger partial charge in [-0.25, -0.2) is 4.79 Å². The molecular weight excluding hydrogens is 206 g/mol. The molecule has 0 aliphatic heterocycles. The molecule has 3 amide bonds. The van der Waals surface area contributed by atoms with Crippen LogP contribution in [-0.4, -0.2) is 24.5 Å². The SMILES string of the molecule is CC(C)CC(=O)NC(C)CCCNC(N)=O. The molecule has 0 aromatic carbocycles. The molecule has 0 aliphatic carbocycles. The second-order valence-corrected chi connectivity index (χ2v) is 4.50. The van der Waals surface area contributed by atoms with E-state index in [0.29, 0.717) is 18.9 Å². The molecule has 1 unspecified atom stereocenters. The highest BCUT2D eigenvalue weighted by Crippen LogP contribution is 2.01. The number of primary amides is 1. The molecule has 0 saturated carbocycles. The summed E-state index contributed by atoms with van der Waals surface area (Å²) in [5.41, 5.74) is 4.93. The monoisotopic (exact) mass is 229 g/mol. The van der Waals surface area contributed by atoms with Gasteiger partial charge in [0.25, 0.3) is 0 Å². The molecule has 1 atom stereocenters. The second-order valence-electron chi connectivity index (χ2n) is 4.50. The summed E-state index contributed by atoms with van der Waals surface area (Å²) in [5, 5.41) is 5.43. The van der Waals surface area contributed by atoms with Gasteiger partial charge in [-0.05, 0) is 25.7 Å². The summed E-state index contributed by atoms with van der Waals surface area (Å²) < 4.78 is 0. The first kappa shape index (κ1) is 14.7. The van der Waals surface area contributed by atoms with Crippen molar-refractivity contribution < 1.29 is 9.59 Å². The Morgan fingerprint density at radius 2 is 1.88 bits per heavy atom. The van der Waals surface area contributed by atoms with Crippen molar-refractivity contribution >= 4 is 11.9 Å². The minimum absolute atomic E-state index is 0.0883. The molecule has 0 radical (unpaired) electrons. The lowest BCUT2D eigenvalue weighted by atomic mass is 10.1. The largest absolute Gasteiger partial charge is 0.354 e. The molecule has 0 spiro atoms. The maximum Gasteiger partial charge on any atom is 0.312 e. The average Bonchev–Trinajstić information content (AvgIpc) is 2.10. The number of nitrogens with one attached hydrogen (secondary N) is 2. The maximum atomic E-state index is 11.4. The van der Waals surface area contributed by atoms with E-state index < -0.39 is 6.03 Å². The van der Waals surface area contributed by atoms with Crippen LogP contribution >= 0.6 is 0 Å². The van der Waals surface area contributed by atoms with Gasteiger partial charge in [0.05, 0.1) is 0 Å². The van der Waals surface area contributed by atoms with Crippen molar-refractivity contribution in [3.63, 3.8) is 0 Å². The molecular formula is C11H23N3O2. The second kappa shape index (κ2) is 7.96. The van der Waals surface area contributed by atoms with Crippen LogP contribution in [0.5, 0.6) is 0 Å². The number of hydrogen-bond donors (Lipinski definition) is 3. The van der Waals surface area contributed by atoms with Gasteiger partial charge in [0.1, 0.15) is 0 Å². The maximum absolute atomic E-state index is 11.4. The topological polar surface area (TPSA) is 84.2 Å². The van der Waals surface area contributed by atoms with Crippen molar-refractivity contribution in [2.75, 3.05) is 6.54 Å². The molecule has 0 saturated heterocycles. The molecule has 5 nitrogen and oxygen atoms in total. The fourth-order valence-corrected chi connectivity index (χ4v) is 1.40. The molecule has 0 aliphatic rings. The Kier molecular flexibility index (Phi) is 7.33. The zero-order valence-corrected chi connectivity index (χ0v) is 10.4. The molecule has 0 aromatic heterocycles. The minimum Gasteiger partial charge on any atom is -0.354 e. The highest BCUT2D eigenvalue weighted by molar-refractivity contribution is 5.76. The zero-order chi connectivity index (χ0) is 12.6. The molecule has 0 bridgehead atoms. The van der Waals surface area contributed by atoms with Crippen molar-refractivity contribution in [3.05, 3.63) is 0 Å². The third kappa shape index (κ3) is 9.30. The number of carbonyl (C=O) groups excluding carboxylic acids is 2. The highest BCUT2D eigenvalue weighted by atomic mass is 16.2. The normalized spacial score (nSPS) is 12.2. The summed E-state index contributed by atoms with van der Waals surface area (Å²) in [4.78, 5) is 21.8. The van der Waals surface area contributed by atoms with Crippen LogP contribution in [-0.2, 0) is 4.79 Å². The summed E-state index contributed by atoms with van der Waals surface area (Å²) >= 11 is 0. The summed E-state index contributed by atoms with van der Waals surface area (Å²) in [5.74, 6) is 0.467. The lowest BCUT2D eigenvalue weighted by Crippen LogP contribution is -2.35. The smallest absolute Gasteiger partial charge is 0.312 e. The van der Waals surface area contributed by atoms with Crippen LogP contribution in [0.1, 0.15) is 40.0 Å². The van der Waals surface area contributed by atoms with Crippen molar-refractivity contribution in [3.8, 4) is 0 Å². The van der Waals surface area contributed by atoms with E-state index in [0.717, 1.165) is 12.8 Å². The standard InChI is InChI=1S/C11H23N3O2/c1-8(2)7-10(15)14-9(3)5-4-6-13-11(12)16/h8-9H,4-7H2,1-3H3,(H,14,15)(H3,12,13,16). The molecule has 0 fully saturated rings. The van der Waals surface area contributed by atoms with Crippen molar-refractivity contribution in [1.29, 1.82) is 0 Å². The highest BCUT2D eigenvalue weighted by Gasteiger charge is 2.08. The zero-order valence-electron chi connectivity index (χ0n) is 10.4. The van der Waals surface area contributed by atoms with Gasteiger partial charge in [0.2, 0.25) is 5.91 Å². The lowest BCUT2D eigenvalue weighted by molar-refractivity contribution is -0.122. The van der Waals surface area contributed by atoms with E-state index in [4.69, 9.17) is 5.73 Å². The predicted molar refractivity (Wildman–Crippen MR) is 63.9 cm³/mol. The Morgan fingerprint density at radius 1 is 1.25 bits per heavy atom. The van der Waals surface area contributed by atoms with Crippen molar-refractivity contribution in [2.45, 2.75) is 46.1 Å². The van der Waals surface area contributed by atoms with Gasteiger partial charge >= 0.3 is 6.03 Å². The molecule has 0 aromatic rings. The Balaban J connectivity index is 3.54.